The molecule has 2 heterocycles. The van der Waals surface area contributed by atoms with Gasteiger partial charge >= 0.3 is 0 Å². The molecule has 2 atom stereocenters. The van der Waals surface area contributed by atoms with Crippen molar-refractivity contribution >= 4 is 29.9 Å². The molecule has 0 saturated carbocycles. The molecule has 0 aliphatic carbocycles. The van der Waals surface area contributed by atoms with Crippen molar-refractivity contribution in [3.63, 3.8) is 0 Å². The molecule has 1 aromatic rings. The summed E-state index contributed by atoms with van der Waals surface area (Å²) in [6, 6.07) is 8.43. The quantitative estimate of drug-likeness (QED) is 0.393. The maximum atomic E-state index is 5.65. The zero-order valence-corrected chi connectivity index (χ0v) is 19.2. The number of likely N-dealkylation sites (N-methyl/N-ethyl adjacent to an activating group) is 1. The van der Waals surface area contributed by atoms with Crippen LogP contribution in [0.5, 0.6) is 5.75 Å². The van der Waals surface area contributed by atoms with E-state index in [1.165, 1.54) is 18.4 Å². The van der Waals surface area contributed by atoms with Crippen molar-refractivity contribution in [3.8, 4) is 5.75 Å². The molecule has 1 aromatic carbocycles. The fourth-order valence-electron chi connectivity index (χ4n) is 4.12. The van der Waals surface area contributed by atoms with Crippen molar-refractivity contribution in [2.24, 2.45) is 10.4 Å². The molecule has 2 fully saturated rings. The van der Waals surface area contributed by atoms with E-state index < -0.39 is 0 Å². The summed E-state index contributed by atoms with van der Waals surface area (Å²) < 4.78 is 11.2. The third-order valence-electron chi connectivity index (χ3n) is 5.71. The Balaban J connectivity index is 0.00000261. The Labute approximate surface area is 180 Å². The van der Waals surface area contributed by atoms with E-state index in [0.717, 1.165) is 44.6 Å². The molecule has 7 heteroatoms. The van der Waals surface area contributed by atoms with Gasteiger partial charge in [-0.3, -0.25) is 4.99 Å². The lowest BCUT2D eigenvalue weighted by atomic mass is 9.87. The van der Waals surface area contributed by atoms with E-state index in [1.807, 2.05) is 19.2 Å². The number of guanidine groups is 1. The molecule has 27 heavy (non-hydrogen) atoms. The van der Waals surface area contributed by atoms with E-state index in [-0.39, 0.29) is 30.0 Å². The Bertz CT molecular complexity index is 632. The molecular formula is C20H33IN4O2. The van der Waals surface area contributed by atoms with Gasteiger partial charge in [0.05, 0.1) is 19.8 Å². The van der Waals surface area contributed by atoms with Crippen LogP contribution in [0.2, 0.25) is 0 Å². The number of rotatable bonds is 5. The molecule has 0 aromatic heterocycles. The number of nitrogens with one attached hydrogen (secondary N) is 1. The number of para-hydroxylation sites is 1. The molecule has 6 nitrogen and oxygen atoms in total. The molecule has 0 bridgehead atoms. The van der Waals surface area contributed by atoms with Gasteiger partial charge in [-0.05, 0) is 33.0 Å². The van der Waals surface area contributed by atoms with E-state index in [9.17, 15) is 0 Å². The summed E-state index contributed by atoms with van der Waals surface area (Å²) in [5.41, 5.74) is 1.52. The lowest BCUT2D eigenvalue weighted by Crippen LogP contribution is -2.44. The number of likely N-dealkylation sites (tertiary alicyclic amines) is 1. The zero-order valence-electron chi connectivity index (χ0n) is 16.9. The van der Waals surface area contributed by atoms with Crippen LogP contribution >= 0.6 is 24.0 Å². The molecule has 2 aliphatic heterocycles. The molecule has 2 saturated heterocycles. The highest BCUT2D eigenvalue weighted by molar-refractivity contribution is 14.0. The first-order valence-electron chi connectivity index (χ1n) is 9.41. The number of hydrogen-bond acceptors (Lipinski definition) is 4. The van der Waals surface area contributed by atoms with E-state index in [2.05, 4.69) is 46.3 Å². The van der Waals surface area contributed by atoms with Crippen LogP contribution < -0.4 is 10.1 Å². The van der Waals surface area contributed by atoms with Gasteiger partial charge in [0.2, 0.25) is 0 Å². The number of hydrogen-bond donors (Lipinski definition) is 1. The smallest absolute Gasteiger partial charge is 0.193 e. The maximum absolute atomic E-state index is 5.65. The van der Waals surface area contributed by atoms with Crippen molar-refractivity contribution in [1.29, 1.82) is 0 Å². The fourth-order valence-corrected chi connectivity index (χ4v) is 4.12. The normalized spacial score (nSPS) is 23.6. The summed E-state index contributed by atoms with van der Waals surface area (Å²) in [5, 5.41) is 3.59. The molecule has 2 unspecified atom stereocenters. The second-order valence-electron chi connectivity index (χ2n) is 7.62. The van der Waals surface area contributed by atoms with Crippen LogP contribution in [0.25, 0.3) is 0 Å². The standard InChI is InChI=1S/C20H32N4O2.HI/c1-21-19(24-11-9-20(14-24)10-12-26-15-20)22-13-17(23(2)3)16-7-5-6-8-18(16)25-4;/h5-8,17H,9-15H2,1-4H3,(H,21,22);1H. The number of halogens is 1. The van der Waals surface area contributed by atoms with Crippen molar-refractivity contribution in [3.05, 3.63) is 29.8 Å². The lowest BCUT2D eigenvalue weighted by Gasteiger charge is -2.30. The highest BCUT2D eigenvalue weighted by Gasteiger charge is 2.42. The van der Waals surface area contributed by atoms with Gasteiger partial charge in [0.15, 0.2) is 5.96 Å². The van der Waals surface area contributed by atoms with Gasteiger partial charge in [-0.2, -0.15) is 0 Å². The van der Waals surface area contributed by atoms with Crippen molar-refractivity contribution in [1.82, 2.24) is 15.1 Å². The van der Waals surface area contributed by atoms with Crippen LogP contribution in [0.4, 0.5) is 0 Å². The van der Waals surface area contributed by atoms with Crippen LogP contribution in [0.3, 0.4) is 0 Å². The summed E-state index contributed by atoms with van der Waals surface area (Å²) in [4.78, 5) is 9.13. The van der Waals surface area contributed by atoms with E-state index in [1.54, 1.807) is 7.11 Å². The first-order chi connectivity index (χ1) is 12.6. The van der Waals surface area contributed by atoms with Gasteiger partial charge in [-0.1, -0.05) is 18.2 Å². The summed E-state index contributed by atoms with van der Waals surface area (Å²) >= 11 is 0. The Morgan fingerprint density at radius 1 is 1.37 bits per heavy atom. The predicted octanol–water partition coefficient (Wildman–Crippen LogP) is 2.60. The van der Waals surface area contributed by atoms with Crippen LogP contribution in [0.1, 0.15) is 24.4 Å². The summed E-state index contributed by atoms with van der Waals surface area (Å²) in [6.45, 7) is 4.65. The molecule has 2 aliphatic rings. The average molecular weight is 488 g/mol. The van der Waals surface area contributed by atoms with Crippen molar-refractivity contribution in [2.45, 2.75) is 18.9 Å². The Kier molecular flexibility index (Phi) is 8.18. The van der Waals surface area contributed by atoms with Gasteiger partial charge in [0.1, 0.15) is 5.75 Å². The number of ether oxygens (including phenoxy) is 2. The monoisotopic (exact) mass is 488 g/mol. The molecule has 1 N–H and O–H groups in total. The lowest BCUT2D eigenvalue weighted by molar-refractivity contribution is 0.156. The first kappa shape index (κ1) is 22.2. The zero-order chi connectivity index (χ0) is 18.6. The number of methoxy groups -OCH3 is 1. The number of benzene rings is 1. The second-order valence-corrected chi connectivity index (χ2v) is 7.62. The van der Waals surface area contributed by atoms with E-state index in [0.29, 0.717) is 5.41 Å². The Morgan fingerprint density at radius 2 is 2.15 bits per heavy atom. The molecule has 3 rings (SSSR count). The third kappa shape index (κ3) is 5.06. The van der Waals surface area contributed by atoms with Gasteiger partial charge in [0.25, 0.3) is 0 Å². The Morgan fingerprint density at radius 3 is 2.78 bits per heavy atom. The molecular weight excluding hydrogens is 455 g/mol. The molecule has 0 radical (unpaired) electrons. The van der Waals surface area contributed by atoms with Gasteiger partial charge < -0.3 is 24.6 Å². The van der Waals surface area contributed by atoms with Gasteiger partial charge in [-0.15, -0.1) is 24.0 Å². The highest BCUT2D eigenvalue weighted by atomic mass is 127. The van der Waals surface area contributed by atoms with Crippen LogP contribution in [0.15, 0.2) is 29.3 Å². The van der Waals surface area contributed by atoms with Crippen molar-refractivity contribution < 1.29 is 9.47 Å². The number of nitrogens with zero attached hydrogens (tertiary/aromatic N) is 3. The number of aliphatic imine (C=N–C) groups is 1. The third-order valence-corrected chi connectivity index (χ3v) is 5.71. The first-order valence-corrected chi connectivity index (χ1v) is 9.41. The maximum Gasteiger partial charge on any atom is 0.193 e. The highest BCUT2D eigenvalue weighted by Crippen LogP contribution is 2.38. The van der Waals surface area contributed by atoms with Crippen LogP contribution in [-0.2, 0) is 4.74 Å². The molecule has 1 spiro atoms. The average Bonchev–Trinajstić information content (AvgIpc) is 3.29. The fraction of sp³-hybridized carbons (Fsp3) is 0.650. The van der Waals surface area contributed by atoms with Crippen molar-refractivity contribution in [2.75, 3.05) is 61.1 Å². The summed E-state index contributed by atoms with van der Waals surface area (Å²) in [5.74, 6) is 1.90. The largest absolute Gasteiger partial charge is 0.496 e. The predicted molar refractivity (Wildman–Crippen MR) is 120 cm³/mol. The minimum atomic E-state index is 0. The minimum Gasteiger partial charge on any atom is -0.496 e. The van der Waals surface area contributed by atoms with Crippen LogP contribution in [-0.4, -0.2) is 76.9 Å². The molecule has 0 amide bonds. The van der Waals surface area contributed by atoms with E-state index >= 15 is 0 Å². The van der Waals surface area contributed by atoms with E-state index in [4.69, 9.17) is 9.47 Å². The van der Waals surface area contributed by atoms with Gasteiger partial charge in [-0.25, -0.2) is 0 Å². The second kappa shape index (κ2) is 9.93. The van der Waals surface area contributed by atoms with Gasteiger partial charge in [0, 0.05) is 44.3 Å². The van der Waals surface area contributed by atoms with Crippen LogP contribution in [0, 0.1) is 5.41 Å². The molecule has 152 valence electrons. The summed E-state index contributed by atoms with van der Waals surface area (Å²) in [6.07, 6.45) is 2.36. The minimum absolute atomic E-state index is 0. The SMILES string of the molecule is CN=C(NCC(c1ccccc1OC)N(C)C)N1CCC2(CCOC2)C1.I. The summed E-state index contributed by atoms with van der Waals surface area (Å²) in [7, 11) is 7.79. The Hall–Kier alpha value is -1.06. The topological polar surface area (TPSA) is 49.3 Å².